The molecule has 1 atom stereocenters. The maximum Gasteiger partial charge on any atom is 0.292 e. The van der Waals surface area contributed by atoms with Crippen molar-refractivity contribution in [2.45, 2.75) is 18.9 Å². The van der Waals surface area contributed by atoms with E-state index in [-0.39, 0.29) is 17.8 Å². The molecule has 4 aromatic rings. The van der Waals surface area contributed by atoms with E-state index in [9.17, 15) is 4.79 Å². The Kier molecular flexibility index (Phi) is 5.43. The van der Waals surface area contributed by atoms with Crippen LogP contribution in [0.4, 0.5) is 5.69 Å². The molecule has 0 saturated carbocycles. The number of nitrogens with one attached hydrogen (secondary N) is 1. The number of benzene rings is 1. The maximum absolute atomic E-state index is 13.2. The lowest BCUT2D eigenvalue weighted by atomic mass is 10.0. The molecule has 172 valence electrons. The fraction of sp³-hybridized carbons (Fsp3) is 0.308. The molecule has 0 aliphatic carbocycles. The predicted molar refractivity (Wildman–Crippen MR) is 130 cm³/mol. The first-order valence-electron chi connectivity index (χ1n) is 11.8. The molecular formula is C26H26N6O2. The second kappa shape index (κ2) is 8.87. The number of aromatic amines is 1. The summed E-state index contributed by atoms with van der Waals surface area (Å²) in [5, 5.41) is 1.01. The summed E-state index contributed by atoms with van der Waals surface area (Å²) in [5.41, 5.74) is 4.87. The quantitative estimate of drug-likeness (QED) is 0.504. The number of fused-ring (bicyclic) bond motifs is 1. The number of likely N-dealkylation sites (tertiary alicyclic amines) is 1. The fourth-order valence-electron chi connectivity index (χ4n) is 4.96. The van der Waals surface area contributed by atoms with Crippen molar-refractivity contribution in [1.29, 1.82) is 0 Å². The first kappa shape index (κ1) is 20.8. The molecule has 34 heavy (non-hydrogen) atoms. The molecule has 3 aromatic heterocycles. The van der Waals surface area contributed by atoms with Crippen LogP contribution in [0, 0.1) is 0 Å². The normalized spacial score (nSPS) is 18.5. The van der Waals surface area contributed by atoms with Gasteiger partial charge in [-0.3, -0.25) is 4.79 Å². The smallest absolute Gasteiger partial charge is 0.292 e. The molecule has 8 nitrogen and oxygen atoms in total. The molecular weight excluding hydrogens is 428 g/mol. The monoisotopic (exact) mass is 454 g/mol. The maximum atomic E-state index is 13.2. The van der Waals surface area contributed by atoms with Gasteiger partial charge in [0.25, 0.3) is 5.91 Å². The highest BCUT2D eigenvalue weighted by Gasteiger charge is 2.31. The second-order valence-electron chi connectivity index (χ2n) is 8.75. The molecule has 2 saturated heterocycles. The van der Waals surface area contributed by atoms with Crippen molar-refractivity contribution in [1.82, 2.24) is 24.8 Å². The summed E-state index contributed by atoms with van der Waals surface area (Å²) in [7, 11) is 0. The highest BCUT2D eigenvalue weighted by Crippen LogP contribution is 2.33. The van der Waals surface area contributed by atoms with Crippen LogP contribution in [0.25, 0.3) is 22.2 Å². The third kappa shape index (κ3) is 3.80. The van der Waals surface area contributed by atoms with E-state index in [0.717, 1.165) is 79.1 Å². The number of pyridine rings is 1. The van der Waals surface area contributed by atoms with E-state index in [4.69, 9.17) is 4.74 Å². The lowest BCUT2D eigenvalue weighted by Gasteiger charge is -2.28. The summed E-state index contributed by atoms with van der Waals surface area (Å²) in [4.78, 5) is 34.2. The summed E-state index contributed by atoms with van der Waals surface area (Å²) in [6.07, 6.45) is 9.23. The number of anilines is 1. The third-order valence-electron chi connectivity index (χ3n) is 6.75. The first-order chi connectivity index (χ1) is 16.8. The van der Waals surface area contributed by atoms with E-state index >= 15 is 0 Å². The minimum Gasteiger partial charge on any atom is -0.378 e. The molecule has 6 rings (SSSR count). The van der Waals surface area contributed by atoms with Crippen LogP contribution in [0.15, 0.2) is 61.2 Å². The van der Waals surface area contributed by atoms with Gasteiger partial charge in [-0.15, -0.1) is 0 Å². The van der Waals surface area contributed by atoms with Gasteiger partial charge in [-0.2, -0.15) is 0 Å². The number of ether oxygens (including phenoxy) is 1. The van der Waals surface area contributed by atoms with Crippen LogP contribution in [0.3, 0.4) is 0 Å². The van der Waals surface area contributed by atoms with E-state index in [1.807, 2.05) is 35.5 Å². The number of carbonyl (C=O) groups excluding carboxylic acids is 1. The van der Waals surface area contributed by atoms with Crippen LogP contribution in [-0.4, -0.2) is 63.6 Å². The van der Waals surface area contributed by atoms with Gasteiger partial charge in [0.15, 0.2) is 0 Å². The molecule has 0 bridgehead atoms. The van der Waals surface area contributed by atoms with Crippen LogP contribution >= 0.6 is 0 Å². The summed E-state index contributed by atoms with van der Waals surface area (Å²) >= 11 is 0. The Balaban J connectivity index is 1.26. The number of amides is 1. The minimum atomic E-state index is -0.117. The summed E-state index contributed by atoms with van der Waals surface area (Å²) < 4.78 is 5.47. The van der Waals surface area contributed by atoms with Gasteiger partial charge < -0.3 is 19.5 Å². The SMILES string of the molecule is O=C(c1ncc(-c2c[nH]c3ncc(N4CCOCC4)cc23)cn1)N1CCCC1c1ccccc1. The molecule has 8 heteroatoms. The highest BCUT2D eigenvalue weighted by molar-refractivity contribution is 5.95. The second-order valence-corrected chi connectivity index (χ2v) is 8.75. The number of aromatic nitrogens is 4. The van der Waals surface area contributed by atoms with E-state index in [1.165, 1.54) is 0 Å². The lowest BCUT2D eigenvalue weighted by Crippen LogP contribution is -2.36. The standard InChI is InChI=1S/C26H26N6O2/c33-26(32-8-4-7-23(32)18-5-2-1-3-6-18)25-27-14-19(15-28-25)22-17-30-24-21(22)13-20(16-29-24)31-9-11-34-12-10-31/h1-3,5-6,13-17,23H,4,7-12H2,(H,29,30). The molecule has 0 spiro atoms. The summed E-state index contributed by atoms with van der Waals surface area (Å²) in [6, 6.07) is 12.4. The predicted octanol–water partition coefficient (Wildman–Crippen LogP) is 3.83. The van der Waals surface area contributed by atoms with Gasteiger partial charge >= 0.3 is 0 Å². The Hall–Kier alpha value is -3.78. The van der Waals surface area contributed by atoms with Crippen LogP contribution in [0.1, 0.15) is 35.1 Å². The van der Waals surface area contributed by atoms with E-state index in [1.54, 1.807) is 12.4 Å². The zero-order valence-corrected chi connectivity index (χ0v) is 18.9. The number of hydrogen-bond acceptors (Lipinski definition) is 6. The summed E-state index contributed by atoms with van der Waals surface area (Å²) in [5.74, 6) is 0.117. The average molecular weight is 455 g/mol. The van der Waals surface area contributed by atoms with Crippen molar-refractivity contribution in [3.05, 3.63) is 72.6 Å². The van der Waals surface area contributed by atoms with Gasteiger partial charge in [0.05, 0.1) is 31.1 Å². The van der Waals surface area contributed by atoms with Crippen molar-refractivity contribution in [2.24, 2.45) is 0 Å². The van der Waals surface area contributed by atoms with Gasteiger partial charge in [-0.1, -0.05) is 30.3 Å². The van der Waals surface area contributed by atoms with Crippen LogP contribution < -0.4 is 4.90 Å². The van der Waals surface area contributed by atoms with Crippen molar-refractivity contribution in [3.8, 4) is 11.1 Å². The Morgan fingerprint density at radius 2 is 1.79 bits per heavy atom. The van der Waals surface area contributed by atoms with Gasteiger partial charge in [0, 0.05) is 54.7 Å². The Morgan fingerprint density at radius 3 is 2.59 bits per heavy atom. The number of rotatable bonds is 4. The topological polar surface area (TPSA) is 87.2 Å². The Labute approximate surface area is 197 Å². The van der Waals surface area contributed by atoms with Crippen LogP contribution in [0.5, 0.6) is 0 Å². The molecule has 2 aliphatic rings. The van der Waals surface area contributed by atoms with Gasteiger partial charge in [0.1, 0.15) is 5.65 Å². The Morgan fingerprint density at radius 1 is 1.00 bits per heavy atom. The molecule has 1 unspecified atom stereocenters. The number of H-pyrrole nitrogens is 1. The van der Waals surface area contributed by atoms with Crippen LogP contribution in [0.2, 0.25) is 0 Å². The van der Waals surface area contributed by atoms with Crippen molar-refractivity contribution in [3.63, 3.8) is 0 Å². The molecule has 5 heterocycles. The number of hydrogen-bond donors (Lipinski definition) is 1. The van der Waals surface area contributed by atoms with Crippen molar-refractivity contribution < 1.29 is 9.53 Å². The number of carbonyl (C=O) groups is 1. The zero-order chi connectivity index (χ0) is 22.9. The molecule has 1 aromatic carbocycles. The van der Waals surface area contributed by atoms with E-state index < -0.39 is 0 Å². The molecule has 0 radical (unpaired) electrons. The Bertz CT molecular complexity index is 1300. The first-order valence-corrected chi connectivity index (χ1v) is 11.8. The summed E-state index contributed by atoms with van der Waals surface area (Å²) in [6.45, 7) is 3.88. The van der Waals surface area contributed by atoms with Gasteiger partial charge in [0.2, 0.25) is 5.82 Å². The average Bonchev–Trinajstić information content (AvgIpc) is 3.57. The molecule has 1 amide bonds. The largest absolute Gasteiger partial charge is 0.378 e. The highest BCUT2D eigenvalue weighted by atomic mass is 16.5. The van der Waals surface area contributed by atoms with Gasteiger partial charge in [-0.05, 0) is 24.5 Å². The van der Waals surface area contributed by atoms with E-state index in [0.29, 0.717) is 0 Å². The third-order valence-corrected chi connectivity index (χ3v) is 6.75. The molecule has 1 N–H and O–H groups in total. The van der Waals surface area contributed by atoms with Crippen LogP contribution in [-0.2, 0) is 4.74 Å². The lowest BCUT2D eigenvalue weighted by molar-refractivity contribution is 0.0723. The minimum absolute atomic E-state index is 0.0790. The van der Waals surface area contributed by atoms with Crippen molar-refractivity contribution >= 4 is 22.6 Å². The van der Waals surface area contributed by atoms with E-state index in [2.05, 4.69) is 43.0 Å². The van der Waals surface area contributed by atoms with Gasteiger partial charge in [-0.25, -0.2) is 15.0 Å². The zero-order valence-electron chi connectivity index (χ0n) is 18.9. The number of nitrogens with zero attached hydrogens (tertiary/aromatic N) is 5. The molecule has 2 aliphatic heterocycles. The van der Waals surface area contributed by atoms with Crippen molar-refractivity contribution in [2.75, 3.05) is 37.7 Å². The molecule has 2 fully saturated rings. The fourth-order valence-corrected chi connectivity index (χ4v) is 4.96. The number of morpholine rings is 1.